The van der Waals surface area contributed by atoms with Crippen LogP contribution in [-0.4, -0.2) is 12.5 Å². The minimum Gasteiger partial charge on any atom is -0.352 e. The van der Waals surface area contributed by atoms with E-state index >= 15 is 0 Å². The second-order valence-electron chi connectivity index (χ2n) is 3.05. The quantitative estimate of drug-likeness (QED) is 0.803. The monoisotopic (exact) mass is 251 g/mol. The van der Waals surface area contributed by atoms with Gasteiger partial charge in [-0.15, -0.1) is 0 Å². The van der Waals surface area contributed by atoms with Gasteiger partial charge in [0.1, 0.15) is 5.82 Å². The van der Waals surface area contributed by atoms with Gasteiger partial charge in [0.25, 0.3) is 5.91 Å². The van der Waals surface area contributed by atoms with Gasteiger partial charge >= 0.3 is 6.18 Å². The zero-order valence-corrected chi connectivity index (χ0v) is 8.36. The molecular weight excluding hydrogens is 238 g/mol. The van der Waals surface area contributed by atoms with Crippen molar-refractivity contribution in [2.24, 2.45) is 0 Å². The van der Waals surface area contributed by atoms with Crippen LogP contribution in [0.15, 0.2) is 18.2 Å². The zero-order chi connectivity index (χ0) is 12.3. The van der Waals surface area contributed by atoms with Crippen molar-refractivity contribution in [2.75, 3.05) is 6.54 Å². The number of amides is 1. The number of carbonyl (C=O) groups excluding carboxylic acids is 1. The van der Waals surface area contributed by atoms with Crippen molar-refractivity contribution < 1.29 is 22.4 Å². The lowest BCUT2D eigenvalue weighted by atomic mass is 10.1. The highest BCUT2D eigenvalue weighted by atomic mass is 19.4. The van der Waals surface area contributed by atoms with Crippen LogP contribution in [0.1, 0.15) is 30.3 Å². The normalized spacial score (nSPS) is 10.6. The summed E-state index contributed by atoms with van der Waals surface area (Å²) < 4.78 is 49.8. The Morgan fingerprint density at radius 1 is 1.35 bits per heavy atom. The largest absolute Gasteiger partial charge is 0.419 e. The van der Waals surface area contributed by atoms with Crippen LogP contribution in [0.4, 0.5) is 17.6 Å². The number of carbonyl (C=O) groups is 1. The zero-order valence-electron chi connectivity index (χ0n) is 8.36. The van der Waals surface area contributed by atoms with E-state index in [2.05, 4.69) is 5.32 Å². The van der Waals surface area contributed by atoms with Crippen molar-refractivity contribution in [1.29, 1.82) is 0 Å². The fourth-order valence-corrected chi connectivity index (χ4v) is 1.15. The highest BCUT2D eigenvalue weighted by Crippen LogP contribution is 2.31. The van der Waals surface area contributed by atoms with Crippen LogP contribution in [0, 0.1) is 5.82 Å². The lowest BCUT2D eigenvalue weighted by Gasteiger charge is -2.09. The molecule has 0 heterocycles. The first kappa shape index (κ1) is 15.4. The van der Waals surface area contributed by atoms with Gasteiger partial charge in [-0.05, 0) is 25.1 Å². The van der Waals surface area contributed by atoms with Crippen LogP contribution in [0.5, 0.6) is 0 Å². The first-order chi connectivity index (χ1) is 7.36. The summed E-state index contributed by atoms with van der Waals surface area (Å²) in [4.78, 5) is 11.2. The predicted octanol–water partition coefficient (Wildman–Crippen LogP) is 3.23. The van der Waals surface area contributed by atoms with Gasteiger partial charge in [-0.1, -0.05) is 7.43 Å². The lowest BCUT2D eigenvalue weighted by molar-refractivity contribution is -0.140. The summed E-state index contributed by atoms with van der Waals surface area (Å²) in [6.07, 6.45) is -4.80. The third kappa shape index (κ3) is 3.72. The fourth-order valence-electron chi connectivity index (χ4n) is 1.15. The molecule has 0 aliphatic heterocycles. The molecule has 2 nitrogen and oxygen atoms in total. The highest BCUT2D eigenvalue weighted by Gasteiger charge is 2.34. The van der Waals surface area contributed by atoms with Gasteiger partial charge < -0.3 is 5.32 Å². The fraction of sp³-hybridized carbons (Fsp3) is 0.364. The molecule has 0 aliphatic carbocycles. The number of hydrogen-bond acceptors (Lipinski definition) is 1. The van der Waals surface area contributed by atoms with E-state index in [0.717, 1.165) is 6.07 Å². The third-order valence-electron chi connectivity index (χ3n) is 1.87. The molecule has 1 rings (SSSR count). The molecule has 1 aromatic carbocycles. The summed E-state index contributed by atoms with van der Waals surface area (Å²) in [6, 6.07) is 2.14. The number of halogens is 4. The van der Waals surface area contributed by atoms with Gasteiger partial charge in [0.05, 0.1) is 5.56 Å². The average molecular weight is 251 g/mol. The number of alkyl halides is 3. The number of rotatable bonds is 2. The van der Waals surface area contributed by atoms with Crippen LogP contribution >= 0.6 is 0 Å². The van der Waals surface area contributed by atoms with E-state index in [1.807, 2.05) is 0 Å². The van der Waals surface area contributed by atoms with E-state index < -0.39 is 23.5 Å². The summed E-state index contributed by atoms with van der Waals surface area (Å²) in [6.45, 7) is 1.92. The third-order valence-corrected chi connectivity index (χ3v) is 1.87. The molecular formula is C11H13F4NO. The van der Waals surface area contributed by atoms with E-state index in [9.17, 15) is 22.4 Å². The Balaban J connectivity index is 0.00000256. The average Bonchev–Trinajstić information content (AvgIpc) is 2.16. The molecule has 0 aromatic heterocycles. The maximum Gasteiger partial charge on any atom is 0.419 e. The Kier molecular flexibility index (Phi) is 5.12. The van der Waals surface area contributed by atoms with E-state index in [-0.39, 0.29) is 19.5 Å². The summed E-state index contributed by atoms with van der Waals surface area (Å²) in [5.74, 6) is -2.05. The molecule has 0 bridgehead atoms. The van der Waals surface area contributed by atoms with E-state index in [4.69, 9.17) is 0 Å². The SMILES string of the molecule is C.CCNC(=O)c1ccc(F)c(C(F)(F)F)c1. The molecule has 0 radical (unpaired) electrons. The molecule has 0 saturated carbocycles. The molecule has 96 valence electrons. The Hall–Kier alpha value is -1.59. The van der Waals surface area contributed by atoms with Crippen molar-refractivity contribution in [3.8, 4) is 0 Å². The molecule has 0 spiro atoms. The summed E-state index contributed by atoms with van der Waals surface area (Å²) in [7, 11) is 0. The molecule has 0 saturated heterocycles. The molecule has 0 fully saturated rings. The second kappa shape index (κ2) is 5.65. The smallest absolute Gasteiger partial charge is 0.352 e. The van der Waals surface area contributed by atoms with E-state index in [0.29, 0.717) is 12.1 Å². The van der Waals surface area contributed by atoms with Crippen LogP contribution in [0.2, 0.25) is 0 Å². The minimum absolute atomic E-state index is 0. The molecule has 17 heavy (non-hydrogen) atoms. The van der Waals surface area contributed by atoms with Gasteiger partial charge in [-0.25, -0.2) is 4.39 Å². The van der Waals surface area contributed by atoms with Crippen LogP contribution in [-0.2, 0) is 6.18 Å². The molecule has 0 atom stereocenters. The summed E-state index contributed by atoms with van der Waals surface area (Å²) in [5, 5.41) is 2.33. The summed E-state index contributed by atoms with van der Waals surface area (Å²) >= 11 is 0. The van der Waals surface area contributed by atoms with Crippen molar-refractivity contribution in [3.63, 3.8) is 0 Å². The van der Waals surface area contributed by atoms with Gasteiger partial charge in [-0.3, -0.25) is 4.79 Å². The first-order valence-electron chi connectivity index (χ1n) is 4.51. The van der Waals surface area contributed by atoms with E-state index in [1.165, 1.54) is 0 Å². The van der Waals surface area contributed by atoms with Crippen molar-refractivity contribution >= 4 is 5.91 Å². The number of hydrogen-bond donors (Lipinski definition) is 1. The lowest BCUT2D eigenvalue weighted by Crippen LogP contribution is -2.23. The summed E-state index contributed by atoms with van der Waals surface area (Å²) in [5.41, 5.74) is -1.65. The molecule has 6 heteroatoms. The van der Waals surface area contributed by atoms with Crippen molar-refractivity contribution in [1.82, 2.24) is 5.32 Å². The van der Waals surface area contributed by atoms with Gasteiger partial charge in [0.15, 0.2) is 0 Å². The Morgan fingerprint density at radius 3 is 2.41 bits per heavy atom. The van der Waals surface area contributed by atoms with Crippen molar-refractivity contribution in [2.45, 2.75) is 20.5 Å². The molecule has 1 amide bonds. The molecule has 0 unspecified atom stereocenters. The van der Waals surface area contributed by atoms with Crippen LogP contribution < -0.4 is 5.32 Å². The topological polar surface area (TPSA) is 29.1 Å². The number of benzene rings is 1. The van der Waals surface area contributed by atoms with Crippen LogP contribution in [0.25, 0.3) is 0 Å². The Bertz CT molecular complexity index is 401. The molecule has 1 aromatic rings. The predicted molar refractivity (Wildman–Crippen MR) is 56.1 cm³/mol. The maximum absolute atomic E-state index is 12.9. The highest BCUT2D eigenvalue weighted by molar-refractivity contribution is 5.94. The van der Waals surface area contributed by atoms with Gasteiger partial charge in [0, 0.05) is 12.1 Å². The van der Waals surface area contributed by atoms with Crippen LogP contribution in [0.3, 0.4) is 0 Å². The minimum atomic E-state index is -4.80. The van der Waals surface area contributed by atoms with Crippen molar-refractivity contribution in [3.05, 3.63) is 35.1 Å². The van der Waals surface area contributed by atoms with E-state index in [1.54, 1.807) is 6.92 Å². The standard InChI is InChI=1S/C10H9F4NO.CH4/c1-2-15-9(16)6-3-4-8(11)7(5-6)10(12,13)14;/h3-5H,2H2,1H3,(H,15,16);1H4. The maximum atomic E-state index is 12.9. The first-order valence-corrected chi connectivity index (χ1v) is 4.51. The Morgan fingerprint density at radius 2 is 1.94 bits per heavy atom. The number of nitrogens with one attached hydrogen (secondary N) is 1. The second-order valence-corrected chi connectivity index (χ2v) is 3.05. The van der Waals surface area contributed by atoms with Gasteiger partial charge in [-0.2, -0.15) is 13.2 Å². The Labute approximate surface area is 96.6 Å². The molecule has 1 N–H and O–H groups in total. The van der Waals surface area contributed by atoms with Gasteiger partial charge in [0.2, 0.25) is 0 Å². The molecule has 0 aliphatic rings.